The molecular weight excluding hydrogens is 192 g/mol. The first-order valence-electron chi connectivity index (χ1n) is 4.82. The van der Waals surface area contributed by atoms with Crippen LogP contribution in [0.3, 0.4) is 0 Å². The number of Topliss-reactive ketones (excluding diaryl/α,β-unsaturated/α-hetero) is 1. The Morgan fingerprint density at radius 1 is 1.00 bits per heavy atom. The van der Waals surface area contributed by atoms with Crippen LogP contribution in [0.1, 0.15) is 41.5 Å². The predicted molar refractivity (Wildman–Crippen MR) is 58.1 cm³/mol. The van der Waals surface area contributed by atoms with E-state index in [1.165, 1.54) is 20.8 Å². The van der Waals surface area contributed by atoms with Gasteiger partial charge in [-0.1, -0.05) is 5.92 Å². The minimum Gasteiger partial charge on any atom is -0.439 e. The fraction of sp³-hybridized carbons (Fsp3) is 0.667. The van der Waals surface area contributed by atoms with Gasteiger partial charge >= 0.3 is 5.97 Å². The average Bonchev–Trinajstić information content (AvgIpc) is 1.98. The second kappa shape index (κ2) is 4.48. The van der Waals surface area contributed by atoms with E-state index in [0.29, 0.717) is 0 Å². The normalized spacial score (nSPS) is 14.5. The van der Waals surface area contributed by atoms with Gasteiger partial charge in [0, 0.05) is 12.3 Å². The highest BCUT2D eigenvalue weighted by Crippen LogP contribution is 2.15. The molecule has 0 aromatic carbocycles. The van der Waals surface area contributed by atoms with Crippen LogP contribution in [0.25, 0.3) is 0 Å². The first-order valence-corrected chi connectivity index (χ1v) is 4.82. The average molecular weight is 210 g/mol. The maximum atomic E-state index is 11.3. The maximum absolute atomic E-state index is 11.3. The van der Waals surface area contributed by atoms with Gasteiger partial charge in [-0.2, -0.15) is 0 Å². The topological polar surface area (TPSA) is 43.4 Å². The van der Waals surface area contributed by atoms with Crippen molar-refractivity contribution in [2.45, 2.75) is 47.1 Å². The number of rotatable bonds is 2. The number of ketones is 1. The summed E-state index contributed by atoms with van der Waals surface area (Å²) in [5, 5.41) is 0. The zero-order chi connectivity index (χ0) is 12.3. The molecular formula is C12H18O3. The monoisotopic (exact) mass is 210 g/mol. The van der Waals surface area contributed by atoms with E-state index in [-0.39, 0.29) is 11.2 Å². The Morgan fingerprint density at radius 2 is 1.47 bits per heavy atom. The van der Waals surface area contributed by atoms with E-state index in [1.54, 1.807) is 0 Å². The summed E-state index contributed by atoms with van der Waals surface area (Å²) >= 11 is 0. The molecule has 0 aromatic heterocycles. The van der Waals surface area contributed by atoms with Gasteiger partial charge in [-0.25, -0.2) is 0 Å². The molecule has 0 aliphatic carbocycles. The molecule has 0 aromatic rings. The molecule has 0 amide bonds. The second-order valence-electron chi connectivity index (χ2n) is 4.68. The van der Waals surface area contributed by atoms with E-state index in [9.17, 15) is 9.59 Å². The van der Waals surface area contributed by atoms with Crippen LogP contribution in [-0.2, 0) is 14.3 Å². The molecule has 0 fully saturated rings. The molecule has 0 spiro atoms. The highest BCUT2D eigenvalue weighted by molar-refractivity contribution is 5.90. The molecule has 15 heavy (non-hydrogen) atoms. The van der Waals surface area contributed by atoms with Crippen molar-refractivity contribution >= 4 is 11.8 Å². The molecule has 0 heterocycles. The summed E-state index contributed by atoms with van der Waals surface area (Å²) in [7, 11) is 0. The van der Waals surface area contributed by atoms with Crippen LogP contribution in [0.2, 0.25) is 0 Å². The third-order valence-corrected chi connectivity index (χ3v) is 1.70. The first kappa shape index (κ1) is 13.7. The van der Waals surface area contributed by atoms with Gasteiger partial charge in [0.15, 0.2) is 5.78 Å². The van der Waals surface area contributed by atoms with Crippen LogP contribution in [0.4, 0.5) is 0 Å². The molecule has 0 rings (SSSR count). The minimum absolute atomic E-state index is 0.225. The maximum Gasteiger partial charge on any atom is 0.304 e. The van der Waals surface area contributed by atoms with Crippen LogP contribution >= 0.6 is 0 Å². The zero-order valence-corrected chi connectivity index (χ0v) is 10.2. The molecule has 0 aliphatic rings. The van der Waals surface area contributed by atoms with Gasteiger partial charge in [0.05, 0.1) is 0 Å². The Bertz CT molecular complexity index is 325. The van der Waals surface area contributed by atoms with Crippen LogP contribution in [-0.4, -0.2) is 17.4 Å². The van der Waals surface area contributed by atoms with Crippen LogP contribution < -0.4 is 0 Å². The quantitative estimate of drug-likeness (QED) is 0.517. The SMILES string of the molecule is CC(=O)OC(C)(C#CC(C)(C)C)C(C)=O. The lowest BCUT2D eigenvalue weighted by Gasteiger charge is -2.20. The fourth-order valence-electron chi connectivity index (χ4n) is 0.780. The summed E-state index contributed by atoms with van der Waals surface area (Å²) in [5.74, 6) is 4.85. The lowest BCUT2D eigenvalue weighted by Crippen LogP contribution is -2.37. The highest BCUT2D eigenvalue weighted by Gasteiger charge is 2.31. The van der Waals surface area contributed by atoms with Gasteiger partial charge in [0.25, 0.3) is 0 Å². The van der Waals surface area contributed by atoms with Crippen molar-refractivity contribution in [2.24, 2.45) is 5.41 Å². The Labute approximate surface area is 91.2 Å². The molecule has 0 saturated carbocycles. The van der Waals surface area contributed by atoms with Crippen LogP contribution in [0, 0.1) is 17.3 Å². The lowest BCUT2D eigenvalue weighted by atomic mass is 9.94. The Morgan fingerprint density at radius 3 is 1.73 bits per heavy atom. The van der Waals surface area contributed by atoms with Gasteiger partial charge in [-0.05, 0) is 40.5 Å². The smallest absolute Gasteiger partial charge is 0.304 e. The van der Waals surface area contributed by atoms with E-state index in [1.807, 2.05) is 20.8 Å². The Kier molecular flexibility index (Phi) is 4.09. The van der Waals surface area contributed by atoms with Gasteiger partial charge in [-0.15, -0.1) is 0 Å². The third kappa shape index (κ3) is 5.21. The molecule has 3 nitrogen and oxygen atoms in total. The van der Waals surface area contributed by atoms with E-state index in [0.717, 1.165) is 0 Å². The van der Waals surface area contributed by atoms with Crippen molar-refractivity contribution in [2.75, 3.05) is 0 Å². The lowest BCUT2D eigenvalue weighted by molar-refractivity contribution is -0.157. The zero-order valence-electron chi connectivity index (χ0n) is 10.2. The number of carbonyl (C=O) groups is 2. The standard InChI is InChI=1S/C12H18O3/c1-9(13)12(6,15-10(2)14)8-7-11(3,4)5/h1-6H3. The molecule has 0 bridgehead atoms. The third-order valence-electron chi connectivity index (χ3n) is 1.70. The summed E-state index contributed by atoms with van der Waals surface area (Å²) in [6.07, 6.45) is 0. The fourth-order valence-corrected chi connectivity index (χ4v) is 0.780. The van der Waals surface area contributed by atoms with Crippen molar-refractivity contribution in [3.63, 3.8) is 0 Å². The van der Waals surface area contributed by atoms with Gasteiger partial charge < -0.3 is 4.74 Å². The number of hydrogen-bond donors (Lipinski definition) is 0. The molecule has 1 unspecified atom stereocenters. The van der Waals surface area contributed by atoms with Crippen molar-refractivity contribution in [3.05, 3.63) is 0 Å². The van der Waals surface area contributed by atoms with Gasteiger partial charge in [0.2, 0.25) is 5.60 Å². The molecule has 0 aliphatic heterocycles. The minimum atomic E-state index is -1.32. The first-order chi connectivity index (χ1) is 6.57. The highest BCUT2D eigenvalue weighted by atomic mass is 16.6. The summed E-state index contributed by atoms with van der Waals surface area (Å²) in [6.45, 7) is 9.91. The number of hydrogen-bond acceptors (Lipinski definition) is 3. The summed E-state index contributed by atoms with van der Waals surface area (Å²) in [4.78, 5) is 22.2. The van der Waals surface area contributed by atoms with Crippen molar-refractivity contribution < 1.29 is 14.3 Å². The van der Waals surface area contributed by atoms with Crippen molar-refractivity contribution in [3.8, 4) is 11.8 Å². The van der Waals surface area contributed by atoms with Crippen molar-refractivity contribution in [1.29, 1.82) is 0 Å². The predicted octanol–water partition coefficient (Wildman–Crippen LogP) is 1.95. The largest absolute Gasteiger partial charge is 0.439 e. The van der Waals surface area contributed by atoms with Gasteiger partial charge in [-0.3, -0.25) is 9.59 Å². The molecule has 0 N–H and O–H groups in total. The molecule has 3 heteroatoms. The van der Waals surface area contributed by atoms with E-state index in [2.05, 4.69) is 11.8 Å². The summed E-state index contributed by atoms with van der Waals surface area (Å²) in [6, 6.07) is 0. The number of esters is 1. The molecule has 0 radical (unpaired) electrons. The Balaban J connectivity index is 5.04. The summed E-state index contributed by atoms with van der Waals surface area (Å²) < 4.78 is 4.93. The van der Waals surface area contributed by atoms with Crippen LogP contribution in [0.15, 0.2) is 0 Å². The second-order valence-corrected chi connectivity index (χ2v) is 4.68. The van der Waals surface area contributed by atoms with E-state index < -0.39 is 11.6 Å². The molecule has 0 saturated heterocycles. The number of carbonyl (C=O) groups excluding carboxylic acids is 2. The Hall–Kier alpha value is -1.30. The summed E-state index contributed by atoms with van der Waals surface area (Å²) in [5.41, 5.74) is -1.55. The molecule has 1 atom stereocenters. The van der Waals surface area contributed by atoms with E-state index in [4.69, 9.17) is 4.74 Å². The van der Waals surface area contributed by atoms with Gasteiger partial charge in [0.1, 0.15) is 0 Å². The number of ether oxygens (including phenoxy) is 1. The van der Waals surface area contributed by atoms with Crippen LogP contribution in [0.5, 0.6) is 0 Å². The molecule has 84 valence electrons. The van der Waals surface area contributed by atoms with Crippen molar-refractivity contribution in [1.82, 2.24) is 0 Å². The van der Waals surface area contributed by atoms with E-state index >= 15 is 0 Å².